The predicted molar refractivity (Wildman–Crippen MR) is 99.1 cm³/mol. The molecule has 6 heteroatoms. The van der Waals surface area contributed by atoms with Gasteiger partial charge < -0.3 is 14.6 Å². The quantitative estimate of drug-likeness (QED) is 0.875. The van der Waals surface area contributed by atoms with Crippen molar-refractivity contribution in [3.63, 3.8) is 0 Å². The normalized spacial score (nSPS) is 15.8. The number of carboxylic acid groups (broad SMARTS) is 1. The molecule has 0 radical (unpaired) electrons. The van der Waals surface area contributed by atoms with E-state index in [1.807, 2.05) is 12.2 Å². The van der Waals surface area contributed by atoms with E-state index in [9.17, 15) is 4.79 Å². The summed E-state index contributed by atoms with van der Waals surface area (Å²) < 4.78 is 11.4. The number of carbonyl (C=O) groups is 1. The Labute approximate surface area is 155 Å². The summed E-state index contributed by atoms with van der Waals surface area (Å²) in [4.78, 5) is 19.9. The summed E-state index contributed by atoms with van der Waals surface area (Å²) >= 11 is 0. The third kappa shape index (κ3) is 3.64. The van der Waals surface area contributed by atoms with Crippen LogP contribution in [0.3, 0.4) is 0 Å². The first-order valence-electron chi connectivity index (χ1n) is 8.47. The number of benzene rings is 1. The first-order chi connectivity index (χ1) is 13.2. The lowest BCUT2D eigenvalue weighted by Gasteiger charge is -2.19. The predicted octanol–water partition coefficient (Wildman–Crippen LogP) is 4.30. The Hall–Kier alpha value is -3.67. The number of carboxylic acids is 1. The minimum atomic E-state index is -0.996. The summed E-state index contributed by atoms with van der Waals surface area (Å²) in [6.45, 7) is 0. The molecule has 1 aliphatic heterocycles. The summed E-state index contributed by atoms with van der Waals surface area (Å²) in [5.41, 5.74) is 2.41. The summed E-state index contributed by atoms with van der Waals surface area (Å²) in [6, 6.07) is 8.22. The van der Waals surface area contributed by atoms with Crippen molar-refractivity contribution in [2.24, 2.45) is 0 Å². The summed E-state index contributed by atoms with van der Waals surface area (Å²) in [5, 5.41) is 9.16. The van der Waals surface area contributed by atoms with Gasteiger partial charge in [0.25, 0.3) is 0 Å². The van der Waals surface area contributed by atoms with E-state index in [1.54, 1.807) is 36.7 Å². The van der Waals surface area contributed by atoms with E-state index in [0.717, 1.165) is 18.4 Å². The van der Waals surface area contributed by atoms with Crippen LogP contribution in [0.15, 0.2) is 78.6 Å². The Morgan fingerprint density at radius 3 is 2.85 bits per heavy atom. The van der Waals surface area contributed by atoms with E-state index in [4.69, 9.17) is 14.6 Å². The van der Waals surface area contributed by atoms with Crippen LogP contribution in [0, 0.1) is 0 Å². The van der Waals surface area contributed by atoms with Crippen LogP contribution >= 0.6 is 0 Å². The van der Waals surface area contributed by atoms with E-state index >= 15 is 0 Å². The van der Waals surface area contributed by atoms with Crippen molar-refractivity contribution in [2.45, 2.75) is 12.8 Å². The van der Waals surface area contributed by atoms with Crippen molar-refractivity contribution in [3.8, 4) is 11.4 Å². The maximum atomic E-state index is 11.2. The number of aromatic carboxylic acids is 1. The Morgan fingerprint density at radius 2 is 2.04 bits per heavy atom. The first-order valence-corrected chi connectivity index (χ1v) is 8.47. The molecular weight excluding hydrogens is 344 g/mol. The van der Waals surface area contributed by atoms with Crippen molar-refractivity contribution in [1.82, 2.24) is 9.97 Å². The molecule has 0 unspecified atom stereocenters. The van der Waals surface area contributed by atoms with E-state index in [1.165, 1.54) is 12.3 Å². The third-order valence-electron chi connectivity index (χ3n) is 4.18. The van der Waals surface area contributed by atoms with Crippen molar-refractivity contribution < 1.29 is 19.4 Å². The van der Waals surface area contributed by atoms with Crippen molar-refractivity contribution >= 4 is 11.7 Å². The summed E-state index contributed by atoms with van der Waals surface area (Å²) in [6.07, 6.45) is 12.6. The second kappa shape index (κ2) is 7.29. The molecule has 0 atom stereocenters. The van der Waals surface area contributed by atoms with Gasteiger partial charge in [-0.15, -0.1) is 0 Å². The van der Waals surface area contributed by atoms with Crippen LogP contribution in [0.25, 0.3) is 17.1 Å². The SMILES string of the molecule is O=C(O)c1cccc(-c2nccc(C3=COC=C(C4=CC=CCC4)O3)n2)c1. The molecular formula is C21H16N2O4. The van der Waals surface area contributed by atoms with Gasteiger partial charge in [0.2, 0.25) is 0 Å². The Bertz CT molecular complexity index is 1020. The maximum Gasteiger partial charge on any atom is 0.335 e. The second-order valence-corrected chi connectivity index (χ2v) is 6.01. The largest absolute Gasteiger partial charge is 0.478 e. The number of aromatic nitrogens is 2. The van der Waals surface area contributed by atoms with E-state index in [2.05, 4.69) is 16.0 Å². The average Bonchev–Trinajstić information content (AvgIpc) is 2.75. The molecule has 1 aromatic carbocycles. The van der Waals surface area contributed by atoms with Crippen LogP contribution in [0.2, 0.25) is 0 Å². The fourth-order valence-electron chi connectivity index (χ4n) is 2.81. The molecule has 27 heavy (non-hydrogen) atoms. The minimum absolute atomic E-state index is 0.181. The monoisotopic (exact) mass is 360 g/mol. The highest BCUT2D eigenvalue weighted by molar-refractivity contribution is 5.89. The Morgan fingerprint density at radius 1 is 1.15 bits per heavy atom. The minimum Gasteiger partial charge on any atom is -0.478 e. The highest BCUT2D eigenvalue weighted by Crippen LogP contribution is 2.30. The standard InChI is InChI=1S/C21H16N2O4/c24-21(25)16-8-4-7-15(11-16)20-22-10-9-17(23-20)19-13-26-12-18(27-19)14-5-2-1-3-6-14/h1-2,4-5,7-13H,3,6H2,(H,24,25). The summed E-state index contributed by atoms with van der Waals surface area (Å²) in [5.74, 6) is 0.547. The topological polar surface area (TPSA) is 81.5 Å². The van der Waals surface area contributed by atoms with Gasteiger partial charge in [-0.1, -0.05) is 30.4 Å². The summed E-state index contributed by atoms with van der Waals surface area (Å²) in [7, 11) is 0. The number of allylic oxidation sites excluding steroid dienone is 4. The highest BCUT2D eigenvalue weighted by Gasteiger charge is 2.18. The molecule has 0 saturated heterocycles. The number of ether oxygens (including phenoxy) is 2. The van der Waals surface area contributed by atoms with Gasteiger partial charge in [-0.3, -0.25) is 0 Å². The number of hydrogen-bond donors (Lipinski definition) is 1. The van der Waals surface area contributed by atoms with Gasteiger partial charge in [-0.05, 0) is 36.6 Å². The lowest BCUT2D eigenvalue weighted by atomic mass is 10.0. The molecule has 1 aromatic heterocycles. The zero-order valence-corrected chi connectivity index (χ0v) is 14.3. The smallest absolute Gasteiger partial charge is 0.335 e. The Kier molecular flexibility index (Phi) is 4.53. The number of rotatable bonds is 4. The van der Waals surface area contributed by atoms with Gasteiger partial charge in [-0.25, -0.2) is 14.8 Å². The average molecular weight is 360 g/mol. The zero-order valence-electron chi connectivity index (χ0n) is 14.3. The molecule has 1 N–H and O–H groups in total. The van der Waals surface area contributed by atoms with Gasteiger partial charge in [0.15, 0.2) is 17.3 Å². The van der Waals surface area contributed by atoms with Crippen molar-refractivity contribution in [1.29, 1.82) is 0 Å². The van der Waals surface area contributed by atoms with E-state index in [0.29, 0.717) is 28.6 Å². The fraction of sp³-hybridized carbons (Fsp3) is 0.0952. The number of hydrogen-bond acceptors (Lipinski definition) is 5. The molecule has 1 aliphatic carbocycles. The third-order valence-corrected chi connectivity index (χ3v) is 4.18. The molecule has 2 heterocycles. The fourth-order valence-corrected chi connectivity index (χ4v) is 2.81. The van der Waals surface area contributed by atoms with Gasteiger partial charge in [0, 0.05) is 11.8 Å². The highest BCUT2D eigenvalue weighted by atomic mass is 16.5. The molecule has 0 spiro atoms. The molecule has 2 aromatic rings. The van der Waals surface area contributed by atoms with Crippen LogP contribution in [-0.4, -0.2) is 21.0 Å². The first kappa shape index (κ1) is 16.8. The molecule has 0 amide bonds. The van der Waals surface area contributed by atoms with Gasteiger partial charge in [0.1, 0.15) is 18.2 Å². The van der Waals surface area contributed by atoms with E-state index in [-0.39, 0.29) is 5.56 Å². The molecule has 0 bridgehead atoms. The van der Waals surface area contributed by atoms with Crippen LogP contribution in [0.1, 0.15) is 28.9 Å². The molecule has 0 saturated carbocycles. The van der Waals surface area contributed by atoms with E-state index < -0.39 is 5.97 Å². The van der Waals surface area contributed by atoms with Crippen LogP contribution in [-0.2, 0) is 9.47 Å². The van der Waals surface area contributed by atoms with Crippen molar-refractivity contribution in [3.05, 3.63) is 89.9 Å². The van der Waals surface area contributed by atoms with Crippen LogP contribution in [0.4, 0.5) is 0 Å². The molecule has 2 aliphatic rings. The molecule has 134 valence electrons. The van der Waals surface area contributed by atoms with Crippen molar-refractivity contribution in [2.75, 3.05) is 0 Å². The molecule has 6 nitrogen and oxygen atoms in total. The van der Waals surface area contributed by atoms with Gasteiger partial charge >= 0.3 is 5.97 Å². The zero-order chi connectivity index (χ0) is 18.6. The molecule has 0 fully saturated rings. The number of nitrogens with zero attached hydrogens (tertiary/aromatic N) is 2. The van der Waals surface area contributed by atoms with Crippen LogP contribution < -0.4 is 0 Å². The van der Waals surface area contributed by atoms with Gasteiger partial charge in [0.05, 0.1) is 5.56 Å². The lowest BCUT2D eigenvalue weighted by Crippen LogP contribution is -2.05. The Balaban J connectivity index is 1.60. The molecule has 4 rings (SSSR count). The maximum absolute atomic E-state index is 11.2. The van der Waals surface area contributed by atoms with Gasteiger partial charge in [-0.2, -0.15) is 0 Å². The lowest BCUT2D eigenvalue weighted by molar-refractivity contribution is 0.0697. The second-order valence-electron chi connectivity index (χ2n) is 6.01. The van der Waals surface area contributed by atoms with Crippen LogP contribution in [0.5, 0.6) is 0 Å².